The van der Waals surface area contributed by atoms with Crippen LogP contribution in [0.2, 0.25) is 0 Å². The molecular formula is C17H23NO2. The molecule has 1 aromatic heterocycles. The highest BCUT2D eigenvalue weighted by molar-refractivity contribution is 5.89. The molecule has 20 heavy (non-hydrogen) atoms. The van der Waals surface area contributed by atoms with Crippen molar-refractivity contribution < 1.29 is 9.90 Å². The summed E-state index contributed by atoms with van der Waals surface area (Å²) in [7, 11) is 2.04. The van der Waals surface area contributed by atoms with Gasteiger partial charge in [-0.2, -0.15) is 0 Å². The zero-order valence-corrected chi connectivity index (χ0v) is 12.3. The fourth-order valence-corrected chi connectivity index (χ4v) is 5.67. The van der Waals surface area contributed by atoms with Crippen LogP contribution in [0.1, 0.15) is 59.8 Å². The predicted molar refractivity (Wildman–Crippen MR) is 76.9 cm³/mol. The minimum Gasteiger partial charge on any atom is -0.478 e. The molecule has 1 heterocycles. The molecule has 0 atom stereocenters. The molecule has 4 aliphatic rings. The normalized spacial score (nSPS) is 38.4. The van der Waals surface area contributed by atoms with Gasteiger partial charge in [0, 0.05) is 24.4 Å². The first kappa shape index (κ1) is 12.5. The van der Waals surface area contributed by atoms with E-state index in [0.29, 0.717) is 11.5 Å². The molecule has 0 spiro atoms. The largest absolute Gasteiger partial charge is 0.478 e. The Morgan fingerprint density at radius 3 is 2.15 bits per heavy atom. The van der Waals surface area contributed by atoms with Crippen LogP contribution in [0.25, 0.3) is 0 Å². The molecule has 5 rings (SSSR count). The van der Waals surface area contributed by atoms with Crippen molar-refractivity contribution in [2.24, 2.45) is 30.7 Å². The minimum atomic E-state index is -0.784. The van der Waals surface area contributed by atoms with Crippen LogP contribution in [0, 0.1) is 30.6 Å². The lowest BCUT2D eigenvalue weighted by Gasteiger charge is -2.54. The highest BCUT2D eigenvalue weighted by Gasteiger charge is 2.49. The fraction of sp³-hybridized carbons (Fsp3) is 0.706. The maximum absolute atomic E-state index is 11.4. The Hall–Kier alpha value is -1.25. The van der Waals surface area contributed by atoms with Gasteiger partial charge in [0.15, 0.2) is 0 Å². The summed E-state index contributed by atoms with van der Waals surface area (Å²) >= 11 is 0. The molecule has 0 unspecified atom stereocenters. The number of nitrogens with zero attached hydrogens (tertiary/aromatic N) is 1. The Labute approximate surface area is 120 Å². The van der Waals surface area contributed by atoms with Crippen molar-refractivity contribution in [2.75, 3.05) is 0 Å². The van der Waals surface area contributed by atoms with Crippen molar-refractivity contribution in [2.45, 2.75) is 44.9 Å². The fourth-order valence-electron chi connectivity index (χ4n) is 5.67. The maximum atomic E-state index is 11.4. The number of carboxylic acid groups (broad SMARTS) is 1. The van der Waals surface area contributed by atoms with E-state index in [1.165, 1.54) is 37.8 Å². The number of hydrogen-bond acceptors (Lipinski definition) is 1. The van der Waals surface area contributed by atoms with Crippen LogP contribution in [0.15, 0.2) is 6.07 Å². The number of hydrogen-bond donors (Lipinski definition) is 1. The predicted octanol–water partition coefficient (Wildman–Crippen LogP) is 3.57. The van der Waals surface area contributed by atoms with E-state index < -0.39 is 5.97 Å². The van der Waals surface area contributed by atoms with E-state index in [4.69, 9.17) is 0 Å². The molecule has 4 saturated carbocycles. The van der Waals surface area contributed by atoms with Gasteiger partial charge in [-0.15, -0.1) is 0 Å². The van der Waals surface area contributed by atoms with Crippen molar-refractivity contribution in [3.8, 4) is 0 Å². The Morgan fingerprint density at radius 2 is 1.70 bits per heavy atom. The first-order valence-corrected chi connectivity index (χ1v) is 7.94. The van der Waals surface area contributed by atoms with Crippen molar-refractivity contribution in [1.82, 2.24) is 4.57 Å². The quantitative estimate of drug-likeness (QED) is 0.895. The second kappa shape index (κ2) is 4.12. The first-order chi connectivity index (χ1) is 9.54. The Bertz CT molecular complexity index is 544. The standard InChI is InChI=1S/C17H23NO2/c1-9-14(17(19)20)8-15(18(9)2)16-12-4-10-3-11(6-12)7-13(16)5-10/h8,10-13,16H,3-7H2,1-2H3,(H,19,20). The van der Waals surface area contributed by atoms with Gasteiger partial charge in [0.25, 0.3) is 0 Å². The molecule has 3 heteroatoms. The number of carboxylic acids is 1. The molecule has 4 fully saturated rings. The summed E-state index contributed by atoms with van der Waals surface area (Å²) in [6.45, 7) is 1.93. The van der Waals surface area contributed by atoms with E-state index in [-0.39, 0.29) is 0 Å². The molecule has 0 aliphatic heterocycles. The minimum absolute atomic E-state index is 0.497. The Morgan fingerprint density at radius 1 is 1.15 bits per heavy atom. The van der Waals surface area contributed by atoms with Gasteiger partial charge in [-0.1, -0.05) is 0 Å². The van der Waals surface area contributed by atoms with Gasteiger partial charge in [0.2, 0.25) is 0 Å². The van der Waals surface area contributed by atoms with E-state index in [0.717, 1.165) is 29.4 Å². The highest BCUT2D eigenvalue weighted by atomic mass is 16.4. The summed E-state index contributed by atoms with van der Waals surface area (Å²) in [5.41, 5.74) is 2.69. The monoisotopic (exact) mass is 273 g/mol. The molecule has 0 aromatic carbocycles. The van der Waals surface area contributed by atoms with Crippen LogP contribution in [0.3, 0.4) is 0 Å². The van der Waals surface area contributed by atoms with Crippen molar-refractivity contribution in [1.29, 1.82) is 0 Å². The third-order valence-corrected chi connectivity index (χ3v) is 6.37. The smallest absolute Gasteiger partial charge is 0.337 e. The topological polar surface area (TPSA) is 42.2 Å². The lowest BCUT2D eigenvalue weighted by atomic mass is 9.51. The van der Waals surface area contributed by atoms with E-state index >= 15 is 0 Å². The molecule has 4 aliphatic carbocycles. The molecule has 1 N–H and O–H groups in total. The van der Waals surface area contributed by atoms with Gasteiger partial charge in [-0.05, 0) is 68.8 Å². The van der Waals surface area contributed by atoms with Gasteiger partial charge in [-0.25, -0.2) is 4.79 Å². The third-order valence-electron chi connectivity index (χ3n) is 6.37. The molecule has 0 saturated heterocycles. The summed E-state index contributed by atoms with van der Waals surface area (Å²) in [6.07, 6.45) is 6.98. The molecule has 4 bridgehead atoms. The van der Waals surface area contributed by atoms with Crippen molar-refractivity contribution in [3.05, 3.63) is 23.0 Å². The average Bonchev–Trinajstić information content (AvgIpc) is 2.66. The summed E-state index contributed by atoms with van der Waals surface area (Å²) in [4.78, 5) is 11.4. The molecule has 1 aromatic rings. The number of carbonyl (C=O) groups is 1. The number of rotatable bonds is 2. The van der Waals surface area contributed by atoms with Crippen LogP contribution in [0.5, 0.6) is 0 Å². The third kappa shape index (κ3) is 1.61. The lowest BCUT2D eigenvalue weighted by Crippen LogP contribution is -2.44. The van der Waals surface area contributed by atoms with Gasteiger partial charge in [0.05, 0.1) is 5.56 Å². The van der Waals surface area contributed by atoms with Gasteiger partial charge in [0.1, 0.15) is 0 Å². The van der Waals surface area contributed by atoms with Crippen LogP contribution in [-0.4, -0.2) is 15.6 Å². The second-order valence-corrected chi connectivity index (χ2v) is 7.39. The van der Waals surface area contributed by atoms with Gasteiger partial charge < -0.3 is 9.67 Å². The number of aromatic carboxylic acids is 1. The molecule has 108 valence electrons. The van der Waals surface area contributed by atoms with Crippen LogP contribution >= 0.6 is 0 Å². The van der Waals surface area contributed by atoms with E-state index in [1.54, 1.807) is 0 Å². The van der Waals surface area contributed by atoms with E-state index in [2.05, 4.69) is 4.57 Å². The van der Waals surface area contributed by atoms with Crippen LogP contribution in [0.4, 0.5) is 0 Å². The summed E-state index contributed by atoms with van der Waals surface area (Å²) in [5.74, 6) is 3.37. The SMILES string of the molecule is Cc1c(C(=O)O)cc(C2C3CC4CC(C3)CC2C4)n1C. The Balaban J connectivity index is 1.74. The summed E-state index contributed by atoms with van der Waals surface area (Å²) in [6, 6.07) is 1.96. The van der Waals surface area contributed by atoms with E-state index in [9.17, 15) is 9.90 Å². The van der Waals surface area contributed by atoms with Crippen LogP contribution < -0.4 is 0 Å². The maximum Gasteiger partial charge on any atom is 0.337 e. The Kier molecular flexibility index (Phi) is 2.57. The molecule has 0 radical (unpaired) electrons. The zero-order chi connectivity index (χ0) is 14.0. The number of aromatic nitrogens is 1. The average molecular weight is 273 g/mol. The molecule has 0 amide bonds. The van der Waals surface area contributed by atoms with Gasteiger partial charge in [-0.3, -0.25) is 0 Å². The van der Waals surface area contributed by atoms with Gasteiger partial charge >= 0.3 is 5.97 Å². The van der Waals surface area contributed by atoms with Crippen molar-refractivity contribution in [3.63, 3.8) is 0 Å². The van der Waals surface area contributed by atoms with E-state index in [1.807, 2.05) is 20.0 Å². The highest BCUT2D eigenvalue weighted by Crippen LogP contribution is 2.59. The second-order valence-electron chi connectivity index (χ2n) is 7.39. The van der Waals surface area contributed by atoms with Crippen molar-refractivity contribution >= 4 is 5.97 Å². The summed E-state index contributed by atoms with van der Waals surface area (Å²) < 4.78 is 2.15. The lowest BCUT2D eigenvalue weighted by molar-refractivity contribution is -0.00506. The molecular weight excluding hydrogens is 250 g/mol. The first-order valence-electron chi connectivity index (χ1n) is 7.94. The molecule has 3 nitrogen and oxygen atoms in total. The zero-order valence-electron chi connectivity index (χ0n) is 12.3. The summed E-state index contributed by atoms with van der Waals surface area (Å²) in [5, 5.41) is 9.34. The van der Waals surface area contributed by atoms with Crippen LogP contribution in [-0.2, 0) is 7.05 Å².